The second-order valence-corrected chi connectivity index (χ2v) is 4.03. The van der Waals surface area contributed by atoms with Gasteiger partial charge >= 0.3 is 5.97 Å². The van der Waals surface area contributed by atoms with Crippen LogP contribution in [0.15, 0.2) is 23.8 Å². The Morgan fingerprint density at radius 3 is 3.00 bits per heavy atom. The second-order valence-electron chi connectivity index (χ2n) is 3.08. The third-order valence-corrected chi connectivity index (χ3v) is 2.89. The van der Waals surface area contributed by atoms with E-state index in [-0.39, 0.29) is 18.0 Å². The van der Waals surface area contributed by atoms with Gasteiger partial charge in [0.25, 0.3) is 0 Å². The van der Waals surface area contributed by atoms with Crippen molar-refractivity contribution in [2.75, 3.05) is 6.61 Å². The first-order valence-corrected chi connectivity index (χ1v) is 5.83. The zero-order valence-corrected chi connectivity index (χ0v) is 9.83. The molecule has 0 N–H and O–H groups in total. The van der Waals surface area contributed by atoms with Gasteiger partial charge in [0, 0.05) is 0 Å². The molecule has 88 valence electrons. The molecule has 2 heterocycles. The van der Waals surface area contributed by atoms with Crippen LogP contribution in [-0.2, 0) is 4.74 Å². The molecule has 0 aliphatic carbocycles. The molecule has 0 saturated heterocycles. The number of aromatic nitrogens is 2. The van der Waals surface area contributed by atoms with E-state index in [0.29, 0.717) is 4.88 Å². The number of carbonyl (C=O) groups is 1. The lowest BCUT2D eigenvalue weighted by Crippen LogP contribution is -2.11. The van der Waals surface area contributed by atoms with Gasteiger partial charge in [-0.15, -0.1) is 11.3 Å². The summed E-state index contributed by atoms with van der Waals surface area (Å²) >= 11 is 1.34. The maximum absolute atomic E-state index is 14.0. The standard InChI is InChI=1S/C11H9FN2O2S/c1-2-16-11(15)10-8(12)9(13-6-14-10)7-4-3-5-17-7/h3-6H,2H2,1H3. The molecule has 0 radical (unpaired) electrons. The second kappa shape index (κ2) is 5.01. The number of nitrogens with zero attached hydrogens (tertiary/aromatic N) is 2. The van der Waals surface area contributed by atoms with Gasteiger partial charge in [-0.05, 0) is 18.4 Å². The van der Waals surface area contributed by atoms with Crippen LogP contribution in [0.4, 0.5) is 4.39 Å². The number of carbonyl (C=O) groups excluding carboxylic acids is 1. The van der Waals surface area contributed by atoms with Crippen molar-refractivity contribution in [2.24, 2.45) is 0 Å². The fourth-order valence-electron chi connectivity index (χ4n) is 1.30. The van der Waals surface area contributed by atoms with Crippen LogP contribution in [0.3, 0.4) is 0 Å². The van der Waals surface area contributed by atoms with E-state index in [4.69, 9.17) is 4.74 Å². The van der Waals surface area contributed by atoms with Crippen molar-refractivity contribution in [1.82, 2.24) is 9.97 Å². The lowest BCUT2D eigenvalue weighted by atomic mass is 10.2. The molecular weight excluding hydrogens is 243 g/mol. The van der Waals surface area contributed by atoms with E-state index in [9.17, 15) is 9.18 Å². The first-order chi connectivity index (χ1) is 8.24. The van der Waals surface area contributed by atoms with Gasteiger partial charge in [-0.25, -0.2) is 19.2 Å². The summed E-state index contributed by atoms with van der Waals surface area (Å²) in [6.45, 7) is 1.83. The van der Waals surface area contributed by atoms with E-state index in [2.05, 4.69) is 9.97 Å². The third-order valence-electron chi connectivity index (χ3n) is 2.01. The van der Waals surface area contributed by atoms with E-state index in [1.165, 1.54) is 11.3 Å². The van der Waals surface area contributed by atoms with Gasteiger partial charge in [-0.1, -0.05) is 6.07 Å². The van der Waals surface area contributed by atoms with Crippen molar-refractivity contribution >= 4 is 17.3 Å². The first kappa shape index (κ1) is 11.7. The maximum atomic E-state index is 14.0. The lowest BCUT2D eigenvalue weighted by Gasteiger charge is -2.04. The molecule has 17 heavy (non-hydrogen) atoms. The van der Waals surface area contributed by atoms with Gasteiger partial charge in [-0.2, -0.15) is 0 Å². The summed E-state index contributed by atoms with van der Waals surface area (Å²) in [6.07, 6.45) is 1.16. The largest absolute Gasteiger partial charge is 0.461 e. The Bertz CT molecular complexity index is 528. The highest BCUT2D eigenvalue weighted by Crippen LogP contribution is 2.25. The first-order valence-electron chi connectivity index (χ1n) is 4.95. The molecule has 2 aromatic rings. The molecule has 0 aliphatic rings. The van der Waals surface area contributed by atoms with E-state index in [1.807, 2.05) is 0 Å². The molecule has 2 aromatic heterocycles. The smallest absolute Gasteiger partial charge is 0.360 e. The quantitative estimate of drug-likeness (QED) is 0.788. The minimum atomic E-state index is -0.773. The third kappa shape index (κ3) is 2.31. The summed E-state index contributed by atoms with van der Waals surface area (Å²) in [6, 6.07) is 3.51. The van der Waals surface area contributed by atoms with Crippen molar-refractivity contribution < 1.29 is 13.9 Å². The topological polar surface area (TPSA) is 52.1 Å². The van der Waals surface area contributed by atoms with Gasteiger partial charge in [0.05, 0.1) is 11.5 Å². The van der Waals surface area contributed by atoms with Crippen LogP contribution in [-0.4, -0.2) is 22.5 Å². The van der Waals surface area contributed by atoms with Crippen LogP contribution < -0.4 is 0 Å². The number of thiophene rings is 1. The summed E-state index contributed by atoms with van der Waals surface area (Å²) in [7, 11) is 0. The van der Waals surface area contributed by atoms with Crippen molar-refractivity contribution in [1.29, 1.82) is 0 Å². The fraction of sp³-hybridized carbons (Fsp3) is 0.182. The highest BCUT2D eigenvalue weighted by Gasteiger charge is 2.20. The van der Waals surface area contributed by atoms with E-state index < -0.39 is 11.8 Å². The molecule has 0 amide bonds. The van der Waals surface area contributed by atoms with Gasteiger partial charge in [-0.3, -0.25) is 0 Å². The van der Waals surface area contributed by atoms with E-state index in [0.717, 1.165) is 6.33 Å². The predicted molar refractivity (Wildman–Crippen MR) is 61.3 cm³/mol. The van der Waals surface area contributed by atoms with Crippen molar-refractivity contribution in [3.63, 3.8) is 0 Å². The summed E-state index contributed by atoms with van der Waals surface area (Å²) in [5, 5.41) is 1.81. The number of ether oxygens (including phenoxy) is 1. The molecule has 0 aliphatic heterocycles. The Labute approximate surface area is 101 Å². The van der Waals surface area contributed by atoms with Crippen molar-refractivity contribution in [3.8, 4) is 10.6 Å². The van der Waals surface area contributed by atoms with Crippen LogP contribution >= 0.6 is 11.3 Å². The fourth-order valence-corrected chi connectivity index (χ4v) is 2.01. The number of hydrogen-bond donors (Lipinski definition) is 0. The number of halogens is 1. The normalized spacial score (nSPS) is 10.2. The Hall–Kier alpha value is -1.82. The van der Waals surface area contributed by atoms with Crippen molar-refractivity contribution in [2.45, 2.75) is 6.92 Å². The molecular formula is C11H9FN2O2S. The molecule has 0 bridgehead atoms. The highest BCUT2D eigenvalue weighted by atomic mass is 32.1. The number of esters is 1. The highest BCUT2D eigenvalue weighted by molar-refractivity contribution is 7.13. The molecule has 0 atom stereocenters. The van der Waals surface area contributed by atoms with E-state index >= 15 is 0 Å². The molecule has 0 spiro atoms. The van der Waals surface area contributed by atoms with E-state index in [1.54, 1.807) is 24.4 Å². The van der Waals surface area contributed by atoms with Crippen LogP contribution in [0, 0.1) is 5.82 Å². The SMILES string of the molecule is CCOC(=O)c1ncnc(-c2cccs2)c1F. The molecule has 0 saturated carbocycles. The average Bonchev–Trinajstić information content (AvgIpc) is 2.83. The predicted octanol–water partition coefficient (Wildman–Crippen LogP) is 2.52. The minimum absolute atomic E-state index is 0.123. The van der Waals surface area contributed by atoms with Gasteiger partial charge < -0.3 is 4.74 Å². The monoisotopic (exact) mass is 252 g/mol. The Morgan fingerprint density at radius 2 is 2.35 bits per heavy atom. The van der Waals surface area contributed by atoms with Crippen molar-refractivity contribution in [3.05, 3.63) is 35.4 Å². The molecule has 4 nitrogen and oxygen atoms in total. The summed E-state index contributed by atoms with van der Waals surface area (Å²) in [5.41, 5.74) is -0.205. The van der Waals surface area contributed by atoms with Gasteiger partial charge in [0.15, 0.2) is 11.5 Å². The molecule has 6 heteroatoms. The summed E-state index contributed by atoms with van der Waals surface area (Å²) in [5.74, 6) is -1.52. The lowest BCUT2D eigenvalue weighted by molar-refractivity contribution is 0.0513. The molecule has 2 rings (SSSR count). The van der Waals surface area contributed by atoms with Crippen LogP contribution in [0.5, 0.6) is 0 Å². The number of rotatable bonds is 3. The van der Waals surface area contributed by atoms with Crippen LogP contribution in [0.1, 0.15) is 17.4 Å². The number of hydrogen-bond acceptors (Lipinski definition) is 5. The van der Waals surface area contributed by atoms with Gasteiger partial charge in [0.1, 0.15) is 12.0 Å². The Kier molecular flexibility index (Phi) is 3.43. The Balaban J connectivity index is 2.44. The molecule has 0 aromatic carbocycles. The molecule has 0 fully saturated rings. The summed E-state index contributed by atoms with van der Waals surface area (Å²) in [4.78, 5) is 19.5. The zero-order valence-electron chi connectivity index (χ0n) is 9.01. The van der Waals surface area contributed by atoms with Crippen LogP contribution in [0.2, 0.25) is 0 Å². The Morgan fingerprint density at radius 1 is 1.53 bits per heavy atom. The summed E-state index contributed by atoms with van der Waals surface area (Å²) < 4.78 is 18.7. The average molecular weight is 252 g/mol. The molecule has 0 unspecified atom stereocenters. The van der Waals surface area contributed by atoms with Gasteiger partial charge in [0.2, 0.25) is 0 Å². The zero-order chi connectivity index (χ0) is 12.3. The minimum Gasteiger partial charge on any atom is -0.461 e. The maximum Gasteiger partial charge on any atom is 0.360 e. The van der Waals surface area contributed by atoms with Crippen LogP contribution in [0.25, 0.3) is 10.6 Å².